The largest absolute Gasteiger partial charge is 0.449 e. The number of nitrogens with zero attached hydrogens (tertiary/aromatic N) is 1. The summed E-state index contributed by atoms with van der Waals surface area (Å²) in [7, 11) is 0. The molecule has 0 fully saturated rings. The van der Waals surface area contributed by atoms with E-state index in [0.29, 0.717) is 11.2 Å². The van der Waals surface area contributed by atoms with Crippen LogP contribution in [0.15, 0.2) is 54.7 Å². The predicted molar refractivity (Wildman–Crippen MR) is 96.7 cm³/mol. The number of rotatable bonds is 4. The van der Waals surface area contributed by atoms with Gasteiger partial charge in [0.25, 0.3) is 5.91 Å². The molecule has 0 radical (unpaired) electrons. The minimum atomic E-state index is -1.06. The summed E-state index contributed by atoms with van der Waals surface area (Å²) in [5.74, 6) is -1.81. The number of hydrogen-bond donors (Lipinski definition) is 1. The summed E-state index contributed by atoms with van der Waals surface area (Å²) in [6, 6.07) is 12.5. The Hall–Kier alpha value is -2.99. The van der Waals surface area contributed by atoms with Crippen LogP contribution in [0.5, 0.6) is 0 Å². The van der Waals surface area contributed by atoms with Gasteiger partial charge in [0, 0.05) is 17.3 Å². The van der Waals surface area contributed by atoms with Gasteiger partial charge >= 0.3 is 5.97 Å². The Kier molecular flexibility index (Phi) is 5.14. The molecule has 0 aliphatic rings. The maximum Gasteiger partial charge on any atom is 0.341 e. The number of esters is 1. The van der Waals surface area contributed by atoms with Crippen molar-refractivity contribution in [2.45, 2.75) is 13.0 Å². The van der Waals surface area contributed by atoms with E-state index in [9.17, 15) is 14.0 Å². The molecule has 0 spiro atoms. The fourth-order valence-electron chi connectivity index (χ4n) is 2.36. The third kappa shape index (κ3) is 3.81. The standard InChI is InChI=1S/C19H14ClFN2O3/c1-11(18(24)23-13-7-8-16(21)15(20)10-13)26-19(25)14-6-2-4-12-5-3-9-22-17(12)14/h2-11H,1H3,(H,23,24)/t11-/m1/s1. The maximum atomic E-state index is 13.2. The number of carbonyl (C=O) groups excluding carboxylic acids is 2. The minimum Gasteiger partial charge on any atom is -0.449 e. The summed E-state index contributed by atoms with van der Waals surface area (Å²) in [6.45, 7) is 1.44. The zero-order chi connectivity index (χ0) is 18.7. The van der Waals surface area contributed by atoms with Crippen molar-refractivity contribution in [2.24, 2.45) is 0 Å². The molecule has 1 atom stereocenters. The van der Waals surface area contributed by atoms with Gasteiger partial charge in [-0.15, -0.1) is 0 Å². The second-order valence-electron chi connectivity index (χ2n) is 5.55. The maximum absolute atomic E-state index is 13.2. The highest BCUT2D eigenvalue weighted by Crippen LogP contribution is 2.20. The number of carbonyl (C=O) groups is 2. The van der Waals surface area contributed by atoms with Crippen LogP contribution >= 0.6 is 11.6 Å². The lowest BCUT2D eigenvalue weighted by atomic mass is 10.1. The third-order valence-corrected chi connectivity index (χ3v) is 3.98. The molecule has 0 aliphatic carbocycles. The van der Waals surface area contributed by atoms with E-state index < -0.39 is 23.8 Å². The molecule has 7 heteroatoms. The summed E-state index contributed by atoms with van der Waals surface area (Å²) in [4.78, 5) is 28.8. The molecular formula is C19H14ClFN2O3. The van der Waals surface area contributed by atoms with Gasteiger partial charge < -0.3 is 10.1 Å². The molecule has 26 heavy (non-hydrogen) atoms. The lowest BCUT2D eigenvalue weighted by Gasteiger charge is -2.14. The number of nitrogens with one attached hydrogen (secondary N) is 1. The van der Waals surface area contributed by atoms with Crippen LogP contribution in [0.1, 0.15) is 17.3 Å². The van der Waals surface area contributed by atoms with Crippen molar-refractivity contribution in [3.05, 3.63) is 71.1 Å². The van der Waals surface area contributed by atoms with Crippen LogP contribution < -0.4 is 5.32 Å². The third-order valence-electron chi connectivity index (χ3n) is 3.69. The van der Waals surface area contributed by atoms with Crippen LogP contribution in [0.25, 0.3) is 10.9 Å². The molecular weight excluding hydrogens is 359 g/mol. The average Bonchev–Trinajstić information content (AvgIpc) is 2.64. The van der Waals surface area contributed by atoms with Gasteiger partial charge in [-0.25, -0.2) is 9.18 Å². The van der Waals surface area contributed by atoms with Crippen molar-refractivity contribution in [2.75, 3.05) is 5.32 Å². The van der Waals surface area contributed by atoms with E-state index in [-0.39, 0.29) is 10.6 Å². The first kappa shape index (κ1) is 17.8. The Bertz CT molecular complexity index is 988. The van der Waals surface area contributed by atoms with E-state index in [2.05, 4.69) is 10.3 Å². The van der Waals surface area contributed by atoms with Crippen LogP contribution in [0.2, 0.25) is 5.02 Å². The number of pyridine rings is 1. The predicted octanol–water partition coefficient (Wildman–Crippen LogP) is 4.21. The second kappa shape index (κ2) is 7.49. The van der Waals surface area contributed by atoms with Crippen molar-refractivity contribution in [3.63, 3.8) is 0 Å². The molecule has 1 aromatic heterocycles. The molecule has 5 nitrogen and oxygen atoms in total. The number of para-hydroxylation sites is 1. The van der Waals surface area contributed by atoms with Gasteiger partial charge in [-0.3, -0.25) is 9.78 Å². The van der Waals surface area contributed by atoms with Gasteiger partial charge in [0.15, 0.2) is 6.10 Å². The fourth-order valence-corrected chi connectivity index (χ4v) is 2.54. The van der Waals surface area contributed by atoms with E-state index in [4.69, 9.17) is 16.3 Å². The lowest BCUT2D eigenvalue weighted by Crippen LogP contribution is -2.30. The second-order valence-corrected chi connectivity index (χ2v) is 5.95. The van der Waals surface area contributed by atoms with Crippen molar-refractivity contribution in [3.8, 4) is 0 Å². The van der Waals surface area contributed by atoms with Gasteiger partial charge in [0.2, 0.25) is 0 Å². The molecule has 0 bridgehead atoms. The van der Waals surface area contributed by atoms with Gasteiger partial charge in [0.1, 0.15) is 5.82 Å². The lowest BCUT2D eigenvalue weighted by molar-refractivity contribution is -0.123. The van der Waals surface area contributed by atoms with Crippen LogP contribution in [0, 0.1) is 5.82 Å². The van der Waals surface area contributed by atoms with Gasteiger partial charge in [-0.2, -0.15) is 0 Å². The Morgan fingerprint density at radius 2 is 1.96 bits per heavy atom. The minimum absolute atomic E-state index is 0.116. The van der Waals surface area contributed by atoms with Gasteiger partial charge in [0.05, 0.1) is 16.1 Å². The normalized spacial score (nSPS) is 11.8. The number of fused-ring (bicyclic) bond motifs is 1. The molecule has 132 valence electrons. The molecule has 0 unspecified atom stereocenters. The Labute approximate surface area is 153 Å². The molecule has 0 aliphatic heterocycles. The molecule has 0 saturated carbocycles. The van der Waals surface area contributed by atoms with E-state index in [0.717, 1.165) is 11.5 Å². The van der Waals surface area contributed by atoms with Crippen LogP contribution in [-0.2, 0) is 9.53 Å². The number of benzene rings is 2. The van der Waals surface area contributed by atoms with E-state index in [1.165, 1.54) is 19.1 Å². The van der Waals surface area contributed by atoms with Crippen molar-refractivity contribution < 1.29 is 18.7 Å². The van der Waals surface area contributed by atoms with Crippen LogP contribution in [-0.4, -0.2) is 23.0 Å². The molecule has 0 saturated heterocycles. The van der Waals surface area contributed by atoms with E-state index in [1.54, 1.807) is 24.4 Å². The Balaban J connectivity index is 1.72. The summed E-state index contributed by atoms with van der Waals surface area (Å²) < 4.78 is 18.4. The van der Waals surface area contributed by atoms with Crippen LogP contribution in [0.4, 0.5) is 10.1 Å². The molecule has 3 rings (SSSR count). The first-order valence-electron chi connectivity index (χ1n) is 7.76. The SMILES string of the molecule is C[C@@H](OC(=O)c1cccc2cccnc12)C(=O)Nc1ccc(F)c(Cl)c1. The first-order valence-corrected chi connectivity index (χ1v) is 8.14. The molecule has 1 amide bonds. The number of anilines is 1. The van der Waals surface area contributed by atoms with E-state index in [1.807, 2.05) is 12.1 Å². The Morgan fingerprint density at radius 1 is 1.19 bits per heavy atom. The summed E-state index contributed by atoms with van der Waals surface area (Å²) in [5.41, 5.74) is 1.07. The highest BCUT2D eigenvalue weighted by molar-refractivity contribution is 6.31. The zero-order valence-electron chi connectivity index (χ0n) is 13.7. The number of ether oxygens (including phenoxy) is 1. The molecule has 3 aromatic rings. The number of hydrogen-bond acceptors (Lipinski definition) is 4. The Morgan fingerprint density at radius 3 is 2.73 bits per heavy atom. The van der Waals surface area contributed by atoms with Gasteiger partial charge in [-0.1, -0.05) is 29.8 Å². The number of halogens is 2. The molecule has 1 N–H and O–H groups in total. The number of aromatic nitrogens is 1. The van der Waals surface area contributed by atoms with Gasteiger partial charge in [-0.05, 0) is 37.3 Å². The van der Waals surface area contributed by atoms with Crippen molar-refractivity contribution >= 4 is 40.1 Å². The van der Waals surface area contributed by atoms with E-state index >= 15 is 0 Å². The summed E-state index contributed by atoms with van der Waals surface area (Å²) in [6.07, 6.45) is 0.512. The highest BCUT2D eigenvalue weighted by atomic mass is 35.5. The fraction of sp³-hybridized carbons (Fsp3) is 0.105. The zero-order valence-corrected chi connectivity index (χ0v) is 14.5. The average molecular weight is 373 g/mol. The topological polar surface area (TPSA) is 68.3 Å². The molecule has 2 aromatic carbocycles. The monoisotopic (exact) mass is 372 g/mol. The van der Waals surface area contributed by atoms with Crippen molar-refractivity contribution in [1.82, 2.24) is 4.98 Å². The highest BCUT2D eigenvalue weighted by Gasteiger charge is 2.21. The number of amides is 1. The smallest absolute Gasteiger partial charge is 0.341 e. The molecule has 1 heterocycles. The quantitative estimate of drug-likeness (QED) is 0.696. The summed E-state index contributed by atoms with van der Waals surface area (Å²) in [5, 5.41) is 3.20. The van der Waals surface area contributed by atoms with Crippen molar-refractivity contribution in [1.29, 1.82) is 0 Å². The summed E-state index contributed by atoms with van der Waals surface area (Å²) >= 11 is 5.68. The van der Waals surface area contributed by atoms with Crippen LogP contribution in [0.3, 0.4) is 0 Å². The first-order chi connectivity index (χ1) is 12.5.